The fourth-order valence-corrected chi connectivity index (χ4v) is 2.16. The van der Waals surface area contributed by atoms with Crippen LogP contribution in [0.15, 0.2) is 28.9 Å². The van der Waals surface area contributed by atoms with Crippen LogP contribution in [-0.2, 0) is 19.2 Å². The number of nitriles is 1. The van der Waals surface area contributed by atoms with Gasteiger partial charge in [-0.1, -0.05) is 0 Å². The summed E-state index contributed by atoms with van der Waals surface area (Å²) in [4.78, 5) is 0. The molecule has 1 atom stereocenters. The Balaban J connectivity index is 1.99. The van der Waals surface area contributed by atoms with Crippen LogP contribution < -0.4 is 5.32 Å². The first-order chi connectivity index (χ1) is 9.45. The van der Waals surface area contributed by atoms with Crippen molar-refractivity contribution in [1.82, 2.24) is 9.88 Å². The first-order valence-corrected chi connectivity index (χ1v) is 6.48. The zero-order valence-electron chi connectivity index (χ0n) is 12.0. The summed E-state index contributed by atoms with van der Waals surface area (Å²) in [5, 5.41) is 22.5. The molecule has 5 nitrogen and oxygen atoms in total. The van der Waals surface area contributed by atoms with Crippen LogP contribution in [0, 0.1) is 18.3 Å². The third-order valence-electron chi connectivity index (χ3n) is 3.59. The minimum Gasteiger partial charge on any atom is -0.466 e. The lowest BCUT2D eigenvalue weighted by atomic mass is 10.0. The standard InChI is InChI=1S/C15H19N3O2/c1-11-12(7-13(8-16)18(11)3)9-17-10-15(2,19)14-5-4-6-20-14/h4-7,17,19H,9-10H2,1-3H3. The van der Waals surface area contributed by atoms with Gasteiger partial charge in [-0.05, 0) is 37.6 Å². The van der Waals surface area contributed by atoms with Crippen LogP contribution in [-0.4, -0.2) is 16.2 Å². The van der Waals surface area contributed by atoms with E-state index >= 15 is 0 Å². The topological polar surface area (TPSA) is 74.1 Å². The summed E-state index contributed by atoms with van der Waals surface area (Å²) in [5.41, 5.74) is 1.69. The maximum absolute atomic E-state index is 10.3. The number of hydrogen-bond acceptors (Lipinski definition) is 4. The molecule has 0 saturated heterocycles. The van der Waals surface area contributed by atoms with Crippen molar-refractivity contribution in [2.24, 2.45) is 7.05 Å². The predicted octanol–water partition coefficient (Wildman–Crippen LogP) is 1.80. The lowest BCUT2D eigenvalue weighted by Crippen LogP contribution is -2.34. The number of hydrogen-bond donors (Lipinski definition) is 2. The Bertz CT molecular complexity index is 618. The monoisotopic (exact) mass is 273 g/mol. The predicted molar refractivity (Wildman–Crippen MR) is 74.9 cm³/mol. The average Bonchev–Trinajstić information content (AvgIpc) is 3.03. The molecule has 2 N–H and O–H groups in total. The maximum Gasteiger partial charge on any atom is 0.136 e. The molecule has 0 aliphatic rings. The largest absolute Gasteiger partial charge is 0.466 e. The van der Waals surface area contributed by atoms with E-state index in [1.165, 1.54) is 0 Å². The second kappa shape index (κ2) is 5.53. The van der Waals surface area contributed by atoms with Gasteiger partial charge in [0.05, 0.1) is 6.26 Å². The highest BCUT2D eigenvalue weighted by molar-refractivity contribution is 5.34. The van der Waals surface area contributed by atoms with Gasteiger partial charge in [-0.2, -0.15) is 5.26 Å². The zero-order chi connectivity index (χ0) is 14.8. The summed E-state index contributed by atoms with van der Waals surface area (Å²) in [7, 11) is 1.87. The number of rotatable bonds is 5. The first kappa shape index (κ1) is 14.4. The average molecular weight is 273 g/mol. The highest BCUT2D eigenvalue weighted by Crippen LogP contribution is 2.20. The molecule has 0 saturated carbocycles. The van der Waals surface area contributed by atoms with E-state index in [1.807, 2.05) is 24.6 Å². The van der Waals surface area contributed by atoms with Gasteiger partial charge in [-0.15, -0.1) is 0 Å². The Labute approximate surface area is 118 Å². The Morgan fingerprint density at radius 1 is 1.55 bits per heavy atom. The fraction of sp³-hybridized carbons (Fsp3) is 0.400. The number of aliphatic hydroxyl groups is 1. The molecule has 2 aromatic heterocycles. The number of aromatic nitrogens is 1. The van der Waals surface area contributed by atoms with Crippen molar-refractivity contribution in [3.05, 3.63) is 47.2 Å². The van der Waals surface area contributed by atoms with E-state index in [1.54, 1.807) is 25.3 Å². The smallest absolute Gasteiger partial charge is 0.136 e. The van der Waals surface area contributed by atoms with Gasteiger partial charge in [0.15, 0.2) is 0 Å². The zero-order valence-corrected chi connectivity index (χ0v) is 12.0. The lowest BCUT2D eigenvalue weighted by Gasteiger charge is -2.21. The highest BCUT2D eigenvalue weighted by Gasteiger charge is 2.25. The Kier molecular flexibility index (Phi) is 3.98. The molecule has 1 unspecified atom stereocenters. The molecule has 20 heavy (non-hydrogen) atoms. The minimum atomic E-state index is -1.05. The van der Waals surface area contributed by atoms with Gasteiger partial charge in [-0.25, -0.2) is 0 Å². The molecule has 2 heterocycles. The molecular weight excluding hydrogens is 254 g/mol. The van der Waals surface area contributed by atoms with Crippen molar-refractivity contribution in [3.8, 4) is 6.07 Å². The molecular formula is C15H19N3O2. The summed E-state index contributed by atoms with van der Waals surface area (Å²) >= 11 is 0. The van der Waals surface area contributed by atoms with Crippen molar-refractivity contribution in [2.45, 2.75) is 26.0 Å². The van der Waals surface area contributed by atoms with Crippen LogP contribution in [0.25, 0.3) is 0 Å². The molecule has 0 radical (unpaired) electrons. The number of nitrogens with one attached hydrogen (secondary N) is 1. The van der Waals surface area contributed by atoms with E-state index < -0.39 is 5.60 Å². The third kappa shape index (κ3) is 2.77. The Morgan fingerprint density at radius 3 is 2.85 bits per heavy atom. The molecule has 0 spiro atoms. The number of nitrogens with zero attached hydrogens (tertiary/aromatic N) is 2. The number of furan rings is 1. The Morgan fingerprint density at radius 2 is 2.30 bits per heavy atom. The third-order valence-corrected chi connectivity index (χ3v) is 3.59. The van der Waals surface area contributed by atoms with E-state index in [0.717, 1.165) is 11.3 Å². The van der Waals surface area contributed by atoms with Crippen molar-refractivity contribution in [3.63, 3.8) is 0 Å². The summed E-state index contributed by atoms with van der Waals surface area (Å²) < 4.78 is 7.09. The van der Waals surface area contributed by atoms with Crippen LogP contribution in [0.2, 0.25) is 0 Å². The van der Waals surface area contributed by atoms with Gasteiger partial charge in [0.2, 0.25) is 0 Å². The fourth-order valence-electron chi connectivity index (χ4n) is 2.16. The molecule has 106 valence electrons. The van der Waals surface area contributed by atoms with Crippen LogP contribution in [0.5, 0.6) is 0 Å². The van der Waals surface area contributed by atoms with Crippen LogP contribution in [0.1, 0.15) is 29.6 Å². The van der Waals surface area contributed by atoms with Crippen molar-refractivity contribution < 1.29 is 9.52 Å². The van der Waals surface area contributed by atoms with Crippen molar-refractivity contribution in [2.75, 3.05) is 6.54 Å². The molecule has 0 fully saturated rings. The molecule has 0 aliphatic carbocycles. The van der Waals surface area contributed by atoms with Gasteiger partial charge in [0.25, 0.3) is 0 Å². The van der Waals surface area contributed by atoms with E-state index in [9.17, 15) is 5.11 Å². The molecule has 0 bridgehead atoms. The van der Waals surface area contributed by atoms with Crippen molar-refractivity contribution >= 4 is 0 Å². The molecule has 5 heteroatoms. The van der Waals surface area contributed by atoms with Gasteiger partial charge < -0.3 is 19.4 Å². The summed E-state index contributed by atoms with van der Waals surface area (Å²) in [6.45, 7) is 4.65. The van der Waals surface area contributed by atoms with Crippen LogP contribution in [0.3, 0.4) is 0 Å². The highest BCUT2D eigenvalue weighted by atomic mass is 16.4. The van der Waals surface area contributed by atoms with E-state index in [4.69, 9.17) is 9.68 Å². The second-order valence-electron chi connectivity index (χ2n) is 5.17. The quantitative estimate of drug-likeness (QED) is 0.871. The summed E-state index contributed by atoms with van der Waals surface area (Å²) in [6, 6.07) is 7.53. The minimum absolute atomic E-state index is 0.372. The second-order valence-corrected chi connectivity index (χ2v) is 5.17. The van der Waals surface area contributed by atoms with Gasteiger partial charge in [0, 0.05) is 25.8 Å². The Hall–Kier alpha value is -2.03. The van der Waals surface area contributed by atoms with E-state index in [0.29, 0.717) is 24.5 Å². The first-order valence-electron chi connectivity index (χ1n) is 6.48. The molecule has 0 aromatic carbocycles. The van der Waals surface area contributed by atoms with E-state index in [2.05, 4.69) is 11.4 Å². The van der Waals surface area contributed by atoms with Gasteiger partial charge in [-0.3, -0.25) is 0 Å². The lowest BCUT2D eigenvalue weighted by molar-refractivity contribution is 0.0340. The SMILES string of the molecule is Cc1c(CNCC(C)(O)c2ccco2)cc(C#N)n1C. The molecule has 2 rings (SSSR count). The normalized spacial score (nSPS) is 13.9. The maximum atomic E-state index is 10.3. The summed E-state index contributed by atoms with van der Waals surface area (Å²) in [5.74, 6) is 0.535. The van der Waals surface area contributed by atoms with Crippen LogP contribution >= 0.6 is 0 Å². The molecule has 0 amide bonds. The summed E-state index contributed by atoms with van der Waals surface area (Å²) in [6.07, 6.45) is 1.55. The van der Waals surface area contributed by atoms with E-state index in [-0.39, 0.29) is 0 Å². The van der Waals surface area contributed by atoms with Crippen LogP contribution in [0.4, 0.5) is 0 Å². The molecule has 0 aliphatic heterocycles. The van der Waals surface area contributed by atoms with Gasteiger partial charge >= 0.3 is 0 Å². The van der Waals surface area contributed by atoms with Gasteiger partial charge in [0.1, 0.15) is 23.1 Å². The van der Waals surface area contributed by atoms with Crippen molar-refractivity contribution in [1.29, 1.82) is 5.26 Å². The molecule has 2 aromatic rings.